The van der Waals surface area contributed by atoms with Crippen LogP contribution in [0.3, 0.4) is 0 Å². The van der Waals surface area contributed by atoms with Crippen molar-refractivity contribution in [1.82, 2.24) is 10.3 Å². The van der Waals surface area contributed by atoms with Crippen molar-refractivity contribution in [3.8, 4) is 0 Å². The molecular weight excluding hydrogens is 214 g/mol. The van der Waals surface area contributed by atoms with Crippen molar-refractivity contribution in [1.29, 1.82) is 0 Å². The van der Waals surface area contributed by atoms with Gasteiger partial charge >= 0.3 is 0 Å². The average Bonchev–Trinajstić information content (AvgIpc) is 2.33. The zero-order valence-electron chi connectivity index (χ0n) is 9.34. The number of fused-ring (bicyclic) bond motifs is 1. The van der Waals surface area contributed by atoms with E-state index in [4.69, 9.17) is 0 Å². The molecule has 0 saturated carbocycles. The third-order valence-corrected chi connectivity index (χ3v) is 3.09. The molecule has 1 fully saturated rings. The van der Waals surface area contributed by atoms with E-state index in [2.05, 4.69) is 27.3 Å². The number of anilines is 1. The van der Waals surface area contributed by atoms with Crippen molar-refractivity contribution in [2.24, 2.45) is 0 Å². The van der Waals surface area contributed by atoms with E-state index in [1.165, 1.54) is 0 Å². The van der Waals surface area contributed by atoms with Crippen LogP contribution in [0.15, 0.2) is 36.4 Å². The van der Waals surface area contributed by atoms with Gasteiger partial charge in [0.2, 0.25) is 6.41 Å². The molecule has 1 aliphatic heterocycles. The third-order valence-electron chi connectivity index (χ3n) is 3.09. The number of rotatable bonds is 3. The van der Waals surface area contributed by atoms with Gasteiger partial charge in [0.05, 0.1) is 11.6 Å². The Balaban J connectivity index is 1.80. The maximum absolute atomic E-state index is 10.3. The molecule has 1 aromatic heterocycles. The van der Waals surface area contributed by atoms with E-state index in [-0.39, 0.29) is 6.04 Å². The SMILES string of the molecule is O=CNC1CN(c2ccc3ccccc3n2)C1. The van der Waals surface area contributed by atoms with Crippen molar-refractivity contribution in [2.75, 3.05) is 18.0 Å². The lowest BCUT2D eigenvalue weighted by atomic mass is 10.1. The number of hydrogen-bond donors (Lipinski definition) is 1. The lowest BCUT2D eigenvalue weighted by Gasteiger charge is -2.39. The molecule has 1 saturated heterocycles. The minimum atomic E-state index is 0.265. The molecule has 1 aliphatic rings. The number of benzene rings is 1. The zero-order valence-corrected chi connectivity index (χ0v) is 9.34. The number of aromatic nitrogens is 1. The van der Waals surface area contributed by atoms with Crippen LogP contribution in [0.5, 0.6) is 0 Å². The summed E-state index contributed by atoms with van der Waals surface area (Å²) in [5.41, 5.74) is 1.01. The fourth-order valence-electron chi connectivity index (χ4n) is 2.10. The summed E-state index contributed by atoms with van der Waals surface area (Å²) in [5.74, 6) is 0.979. The molecule has 0 aliphatic carbocycles. The smallest absolute Gasteiger partial charge is 0.207 e. The summed E-state index contributed by atoms with van der Waals surface area (Å²) in [6.07, 6.45) is 0.760. The second kappa shape index (κ2) is 4.05. The van der Waals surface area contributed by atoms with Gasteiger partial charge in [0.1, 0.15) is 5.82 Å². The monoisotopic (exact) mass is 227 g/mol. The highest BCUT2D eigenvalue weighted by molar-refractivity contribution is 5.80. The van der Waals surface area contributed by atoms with Crippen molar-refractivity contribution in [3.63, 3.8) is 0 Å². The van der Waals surface area contributed by atoms with Crippen LogP contribution in [-0.4, -0.2) is 30.5 Å². The van der Waals surface area contributed by atoms with Gasteiger partial charge < -0.3 is 10.2 Å². The van der Waals surface area contributed by atoms with Gasteiger partial charge in [-0.15, -0.1) is 0 Å². The van der Waals surface area contributed by atoms with Crippen LogP contribution in [0.25, 0.3) is 10.9 Å². The largest absolute Gasteiger partial charge is 0.352 e. The molecule has 0 unspecified atom stereocenters. The Morgan fingerprint density at radius 1 is 1.24 bits per heavy atom. The lowest BCUT2D eigenvalue weighted by Crippen LogP contribution is -2.58. The van der Waals surface area contributed by atoms with E-state index in [0.29, 0.717) is 0 Å². The zero-order chi connectivity index (χ0) is 11.7. The fraction of sp³-hybridized carbons (Fsp3) is 0.231. The fourth-order valence-corrected chi connectivity index (χ4v) is 2.10. The normalized spacial score (nSPS) is 15.6. The summed E-state index contributed by atoms with van der Waals surface area (Å²) >= 11 is 0. The molecule has 0 atom stereocenters. The molecule has 1 N–H and O–H groups in total. The Morgan fingerprint density at radius 3 is 2.88 bits per heavy atom. The van der Waals surface area contributed by atoms with Crippen molar-refractivity contribution in [3.05, 3.63) is 36.4 Å². The van der Waals surface area contributed by atoms with Gasteiger partial charge in [-0.2, -0.15) is 0 Å². The molecule has 17 heavy (non-hydrogen) atoms. The summed E-state index contributed by atoms with van der Waals surface area (Å²) < 4.78 is 0. The van der Waals surface area contributed by atoms with E-state index in [0.717, 1.165) is 36.2 Å². The molecule has 4 nitrogen and oxygen atoms in total. The summed E-state index contributed by atoms with van der Waals surface area (Å²) in [4.78, 5) is 17.0. The average molecular weight is 227 g/mol. The Hall–Kier alpha value is -2.10. The van der Waals surface area contributed by atoms with Crippen molar-refractivity contribution in [2.45, 2.75) is 6.04 Å². The number of carbonyl (C=O) groups excluding carboxylic acids is 1. The maximum Gasteiger partial charge on any atom is 0.207 e. The molecule has 2 aromatic rings. The van der Waals surface area contributed by atoms with Crippen LogP contribution in [0.2, 0.25) is 0 Å². The highest BCUT2D eigenvalue weighted by Gasteiger charge is 2.26. The molecule has 0 radical (unpaired) electrons. The predicted octanol–water partition coefficient (Wildman–Crippen LogP) is 1.17. The van der Waals surface area contributed by atoms with Crippen LogP contribution in [0.1, 0.15) is 0 Å². The second-order valence-electron chi connectivity index (χ2n) is 4.25. The maximum atomic E-state index is 10.3. The van der Waals surface area contributed by atoms with Crippen LogP contribution in [0, 0.1) is 0 Å². The van der Waals surface area contributed by atoms with Crippen LogP contribution in [0.4, 0.5) is 5.82 Å². The molecule has 0 bridgehead atoms. The van der Waals surface area contributed by atoms with Gasteiger partial charge in [-0.3, -0.25) is 4.79 Å². The summed E-state index contributed by atoms with van der Waals surface area (Å²) in [6.45, 7) is 1.67. The molecule has 0 spiro atoms. The second-order valence-corrected chi connectivity index (χ2v) is 4.25. The molecule has 1 amide bonds. The quantitative estimate of drug-likeness (QED) is 0.801. The van der Waals surface area contributed by atoms with Gasteiger partial charge in [-0.05, 0) is 18.2 Å². The van der Waals surface area contributed by atoms with E-state index in [9.17, 15) is 4.79 Å². The first kappa shape index (κ1) is 10.1. The van der Waals surface area contributed by atoms with E-state index in [1.54, 1.807) is 0 Å². The Kier molecular flexibility index (Phi) is 2.40. The first-order chi connectivity index (χ1) is 8.36. The highest BCUT2D eigenvalue weighted by atomic mass is 16.1. The highest BCUT2D eigenvalue weighted by Crippen LogP contribution is 2.21. The minimum Gasteiger partial charge on any atom is -0.352 e. The number of pyridine rings is 1. The molecule has 86 valence electrons. The van der Waals surface area contributed by atoms with Crippen LogP contribution < -0.4 is 10.2 Å². The number of nitrogens with one attached hydrogen (secondary N) is 1. The Morgan fingerprint density at radius 2 is 2.06 bits per heavy atom. The van der Waals surface area contributed by atoms with E-state index < -0.39 is 0 Å². The van der Waals surface area contributed by atoms with Gasteiger partial charge in [0.25, 0.3) is 0 Å². The first-order valence-corrected chi connectivity index (χ1v) is 5.67. The number of amides is 1. The van der Waals surface area contributed by atoms with Gasteiger partial charge in [0, 0.05) is 18.5 Å². The number of para-hydroxylation sites is 1. The van der Waals surface area contributed by atoms with Crippen molar-refractivity contribution >= 4 is 23.1 Å². The van der Waals surface area contributed by atoms with Crippen LogP contribution >= 0.6 is 0 Å². The Labute approximate surface area is 99.3 Å². The first-order valence-electron chi connectivity index (χ1n) is 5.67. The molecule has 3 rings (SSSR count). The third kappa shape index (κ3) is 1.82. The molecule has 2 heterocycles. The summed E-state index contributed by atoms with van der Waals surface area (Å²) in [7, 11) is 0. The van der Waals surface area contributed by atoms with Gasteiger partial charge in [0.15, 0.2) is 0 Å². The standard InChI is InChI=1S/C13H13N3O/c17-9-14-11-7-16(8-11)13-6-5-10-3-1-2-4-12(10)15-13/h1-6,9,11H,7-8H2,(H,14,17). The van der Waals surface area contributed by atoms with E-state index in [1.807, 2.05) is 24.3 Å². The molecule has 1 aromatic carbocycles. The lowest BCUT2D eigenvalue weighted by molar-refractivity contribution is -0.110. The topological polar surface area (TPSA) is 45.2 Å². The Bertz CT molecular complexity index is 549. The molecule has 4 heteroatoms. The predicted molar refractivity (Wildman–Crippen MR) is 66.9 cm³/mol. The minimum absolute atomic E-state index is 0.265. The summed E-state index contributed by atoms with van der Waals surface area (Å²) in [6, 6.07) is 12.4. The molecular formula is C13H13N3O. The summed E-state index contributed by atoms with van der Waals surface area (Å²) in [5, 5.41) is 3.92. The van der Waals surface area contributed by atoms with Crippen molar-refractivity contribution < 1.29 is 4.79 Å². The number of hydrogen-bond acceptors (Lipinski definition) is 3. The number of nitrogens with zero attached hydrogens (tertiary/aromatic N) is 2. The number of carbonyl (C=O) groups is 1. The van der Waals surface area contributed by atoms with Crippen LogP contribution in [-0.2, 0) is 4.79 Å². The van der Waals surface area contributed by atoms with Gasteiger partial charge in [-0.25, -0.2) is 4.98 Å². The van der Waals surface area contributed by atoms with E-state index >= 15 is 0 Å². The van der Waals surface area contributed by atoms with Gasteiger partial charge in [-0.1, -0.05) is 18.2 Å².